The summed E-state index contributed by atoms with van der Waals surface area (Å²) in [6, 6.07) is 13.3. The number of nitrogens with one attached hydrogen (secondary N) is 1. The highest BCUT2D eigenvalue weighted by Gasteiger charge is 2.39. The molecule has 0 radical (unpaired) electrons. The van der Waals surface area contributed by atoms with E-state index < -0.39 is 0 Å². The average molecular weight is 392 g/mol. The molecule has 5 heteroatoms. The van der Waals surface area contributed by atoms with Crippen molar-refractivity contribution in [1.29, 1.82) is 0 Å². The summed E-state index contributed by atoms with van der Waals surface area (Å²) in [5.41, 5.74) is 4.40. The molecule has 1 heterocycles. The van der Waals surface area contributed by atoms with E-state index in [-0.39, 0.29) is 17.7 Å². The van der Waals surface area contributed by atoms with Crippen molar-refractivity contribution < 1.29 is 14.3 Å². The van der Waals surface area contributed by atoms with Crippen LogP contribution in [0.4, 0.5) is 5.69 Å². The van der Waals surface area contributed by atoms with Crippen molar-refractivity contribution in [2.24, 2.45) is 5.92 Å². The number of carbonyl (C=O) groups excluding carboxylic acids is 2. The summed E-state index contributed by atoms with van der Waals surface area (Å²) in [6.45, 7) is 10.9. The highest BCUT2D eigenvalue weighted by atomic mass is 16.5. The molecule has 2 amide bonds. The van der Waals surface area contributed by atoms with Crippen LogP contribution in [0.5, 0.6) is 5.75 Å². The summed E-state index contributed by atoms with van der Waals surface area (Å²) >= 11 is 0. The number of carbonyl (C=O) groups is 2. The Bertz CT molecular complexity index is 938. The summed E-state index contributed by atoms with van der Waals surface area (Å²) < 4.78 is 5.50. The molecule has 0 atom stereocenters. The summed E-state index contributed by atoms with van der Waals surface area (Å²) in [6.07, 6.45) is 0. The summed E-state index contributed by atoms with van der Waals surface area (Å²) in [4.78, 5) is 27.6. The quantitative estimate of drug-likeness (QED) is 0.702. The SMILES string of the molecule is CCOc1ccc(C2=C(Nc3cc(C)cc(C)c3)C(=O)N(CC(C)C)C2=O)cc1. The summed E-state index contributed by atoms with van der Waals surface area (Å²) in [5, 5.41) is 3.23. The zero-order chi connectivity index (χ0) is 21.1. The van der Waals surface area contributed by atoms with E-state index in [2.05, 4.69) is 11.4 Å². The van der Waals surface area contributed by atoms with Gasteiger partial charge in [0.2, 0.25) is 0 Å². The van der Waals surface area contributed by atoms with Gasteiger partial charge in [-0.3, -0.25) is 14.5 Å². The Morgan fingerprint density at radius 1 is 0.966 bits per heavy atom. The first-order valence-electron chi connectivity index (χ1n) is 9.99. The zero-order valence-corrected chi connectivity index (χ0v) is 17.7. The Kier molecular flexibility index (Phi) is 6.06. The fourth-order valence-corrected chi connectivity index (χ4v) is 3.57. The van der Waals surface area contributed by atoms with Gasteiger partial charge in [0.25, 0.3) is 11.8 Å². The molecule has 0 saturated heterocycles. The number of amides is 2. The van der Waals surface area contributed by atoms with E-state index in [4.69, 9.17) is 4.74 Å². The molecular weight excluding hydrogens is 364 g/mol. The van der Waals surface area contributed by atoms with Gasteiger partial charge in [-0.15, -0.1) is 0 Å². The van der Waals surface area contributed by atoms with E-state index in [0.29, 0.717) is 30.0 Å². The fraction of sp³-hybridized carbons (Fsp3) is 0.333. The molecule has 0 fully saturated rings. The van der Waals surface area contributed by atoms with E-state index in [1.807, 2.05) is 71.0 Å². The number of ether oxygens (including phenoxy) is 1. The standard InChI is InChI=1S/C24H28N2O3/c1-6-29-20-9-7-18(8-10-20)21-22(24(28)26(23(21)27)14-15(2)3)25-19-12-16(4)11-17(5)13-19/h7-13,15,25H,6,14H2,1-5H3. The average Bonchev–Trinajstić information content (AvgIpc) is 2.86. The van der Waals surface area contributed by atoms with Crippen LogP contribution in [-0.4, -0.2) is 29.9 Å². The van der Waals surface area contributed by atoms with E-state index in [9.17, 15) is 9.59 Å². The second kappa shape index (κ2) is 8.52. The normalized spacial score (nSPS) is 14.2. The van der Waals surface area contributed by atoms with Crippen molar-refractivity contribution in [2.75, 3.05) is 18.5 Å². The third-order valence-electron chi connectivity index (χ3n) is 4.66. The van der Waals surface area contributed by atoms with E-state index >= 15 is 0 Å². The molecule has 5 nitrogen and oxygen atoms in total. The molecule has 0 bridgehead atoms. The van der Waals surface area contributed by atoms with Crippen LogP contribution in [0.25, 0.3) is 5.57 Å². The molecule has 0 saturated carbocycles. The monoisotopic (exact) mass is 392 g/mol. The van der Waals surface area contributed by atoms with Crippen LogP contribution in [0.15, 0.2) is 48.2 Å². The second-order valence-electron chi connectivity index (χ2n) is 7.82. The van der Waals surface area contributed by atoms with E-state index in [1.54, 1.807) is 0 Å². The van der Waals surface area contributed by atoms with Crippen LogP contribution in [0.3, 0.4) is 0 Å². The Hall–Kier alpha value is -3.08. The molecule has 0 aromatic heterocycles. The molecule has 152 valence electrons. The van der Waals surface area contributed by atoms with Crippen LogP contribution >= 0.6 is 0 Å². The number of nitrogens with zero attached hydrogens (tertiary/aromatic N) is 1. The number of anilines is 1. The number of aryl methyl sites for hydroxylation is 2. The number of imide groups is 1. The Balaban J connectivity index is 2.05. The fourth-order valence-electron chi connectivity index (χ4n) is 3.57. The van der Waals surface area contributed by atoms with Crippen LogP contribution < -0.4 is 10.1 Å². The number of hydrogen-bond acceptors (Lipinski definition) is 4. The van der Waals surface area contributed by atoms with Crippen molar-refractivity contribution in [2.45, 2.75) is 34.6 Å². The maximum absolute atomic E-state index is 13.2. The van der Waals surface area contributed by atoms with Crippen LogP contribution in [-0.2, 0) is 9.59 Å². The predicted octanol–water partition coefficient (Wildman–Crippen LogP) is 4.55. The highest BCUT2D eigenvalue weighted by Crippen LogP contribution is 2.32. The molecular formula is C24H28N2O3. The lowest BCUT2D eigenvalue weighted by molar-refractivity contribution is -0.137. The molecule has 3 rings (SSSR count). The van der Waals surface area contributed by atoms with Crippen molar-refractivity contribution in [1.82, 2.24) is 4.90 Å². The third-order valence-corrected chi connectivity index (χ3v) is 4.66. The Morgan fingerprint density at radius 3 is 2.14 bits per heavy atom. The number of rotatable bonds is 7. The maximum atomic E-state index is 13.2. The van der Waals surface area contributed by atoms with Gasteiger partial charge in [-0.1, -0.05) is 32.0 Å². The molecule has 1 aliphatic heterocycles. The van der Waals surface area contributed by atoms with Gasteiger partial charge in [-0.2, -0.15) is 0 Å². The lowest BCUT2D eigenvalue weighted by Gasteiger charge is -2.17. The minimum atomic E-state index is -0.285. The van der Waals surface area contributed by atoms with Crippen LogP contribution in [0.2, 0.25) is 0 Å². The van der Waals surface area contributed by atoms with Gasteiger partial charge in [-0.25, -0.2) is 0 Å². The van der Waals surface area contributed by atoms with Gasteiger partial charge >= 0.3 is 0 Å². The molecule has 0 aliphatic carbocycles. The first kappa shape index (κ1) is 20.6. The van der Waals surface area contributed by atoms with Crippen LogP contribution in [0.1, 0.15) is 37.5 Å². The minimum absolute atomic E-state index is 0.185. The van der Waals surface area contributed by atoms with Gasteiger partial charge < -0.3 is 10.1 Å². The zero-order valence-electron chi connectivity index (χ0n) is 17.7. The minimum Gasteiger partial charge on any atom is -0.494 e. The lowest BCUT2D eigenvalue weighted by Crippen LogP contribution is -2.35. The first-order valence-corrected chi connectivity index (χ1v) is 9.99. The smallest absolute Gasteiger partial charge is 0.278 e. The molecule has 0 unspecified atom stereocenters. The van der Waals surface area contributed by atoms with Gasteiger partial charge in [0.05, 0.1) is 12.2 Å². The maximum Gasteiger partial charge on any atom is 0.278 e. The molecule has 2 aromatic carbocycles. The van der Waals surface area contributed by atoms with Gasteiger partial charge in [-0.05, 0) is 67.6 Å². The second-order valence-corrected chi connectivity index (χ2v) is 7.82. The lowest BCUT2D eigenvalue weighted by atomic mass is 10.0. The first-order chi connectivity index (χ1) is 13.8. The highest BCUT2D eigenvalue weighted by molar-refractivity contribution is 6.36. The molecule has 2 aromatic rings. The van der Waals surface area contributed by atoms with Crippen molar-refractivity contribution in [3.05, 3.63) is 64.9 Å². The third kappa shape index (κ3) is 4.50. The van der Waals surface area contributed by atoms with Crippen molar-refractivity contribution in [3.63, 3.8) is 0 Å². The predicted molar refractivity (Wildman–Crippen MR) is 116 cm³/mol. The Labute approximate surface area is 172 Å². The van der Waals surface area contributed by atoms with Gasteiger partial charge in [0.15, 0.2) is 0 Å². The van der Waals surface area contributed by atoms with Crippen molar-refractivity contribution in [3.8, 4) is 5.75 Å². The summed E-state index contributed by atoms with van der Waals surface area (Å²) in [7, 11) is 0. The van der Waals surface area contributed by atoms with Crippen LogP contribution in [0, 0.1) is 19.8 Å². The van der Waals surface area contributed by atoms with E-state index in [1.165, 1.54) is 4.90 Å². The Morgan fingerprint density at radius 2 is 1.59 bits per heavy atom. The molecule has 0 spiro atoms. The van der Waals surface area contributed by atoms with Crippen molar-refractivity contribution >= 4 is 23.1 Å². The van der Waals surface area contributed by atoms with Gasteiger partial charge in [0, 0.05) is 12.2 Å². The number of hydrogen-bond donors (Lipinski definition) is 1. The van der Waals surface area contributed by atoms with E-state index in [0.717, 1.165) is 22.6 Å². The molecule has 1 aliphatic rings. The van der Waals surface area contributed by atoms with Gasteiger partial charge in [0.1, 0.15) is 11.4 Å². The number of benzene rings is 2. The molecule has 1 N–H and O–H groups in total. The topological polar surface area (TPSA) is 58.6 Å². The molecule has 29 heavy (non-hydrogen) atoms. The summed E-state index contributed by atoms with van der Waals surface area (Å²) in [5.74, 6) is 0.369. The largest absolute Gasteiger partial charge is 0.494 e.